The molecule has 5 heterocycles. The summed E-state index contributed by atoms with van der Waals surface area (Å²) in [5.41, 5.74) is 5.52. The van der Waals surface area contributed by atoms with Crippen molar-refractivity contribution in [1.29, 1.82) is 0 Å². The lowest BCUT2D eigenvalue weighted by molar-refractivity contribution is -0.130. The fourth-order valence-corrected chi connectivity index (χ4v) is 5.49. The van der Waals surface area contributed by atoms with Gasteiger partial charge in [-0.05, 0) is 44.5 Å². The Morgan fingerprint density at radius 2 is 2.00 bits per heavy atom. The van der Waals surface area contributed by atoms with Gasteiger partial charge in [0.1, 0.15) is 23.9 Å². The summed E-state index contributed by atoms with van der Waals surface area (Å²) in [6, 6.07) is 9.96. The molecule has 0 aliphatic carbocycles. The van der Waals surface area contributed by atoms with E-state index in [-0.39, 0.29) is 11.9 Å². The van der Waals surface area contributed by atoms with Gasteiger partial charge < -0.3 is 19.1 Å². The summed E-state index contributed by atoms with van der Waals surface area (Å²) in [7, 11) is 0. The van der Waals surface area contributed by atoms with Crippen molar-refractivity contribution in [2.75, 3.05) is 37.7 Å². The Balaban J connectivity index is 1.52. The summed E-state index contributed by atoms with van der Waals surface area (Å²) < 4.78 is 14.2. The predicted octanol–water partition coefficient (Wildman–Crippen LogP) is 4.13. The molecule has 1 aromatic carbocycles. The topological polar surface area (TPSA) is 89.5 Å². The summed E-state index contributed by atoms with van der Waals surface area (Å²) >= 11 is 0. The van der Waals surface area contributed by atoms with E-state index in [0.29, 0.717) is 19.6 Å². The molecule has 0 N–H and O–H groups in total. The summed E-state index contributed by atoms with van der Waals surface area (Å²) in [5.74, 6) is 2.66. The molecule has 1 amide bonds. The number of imidazole rings is 1. The molecule has 36 heavy (non-hydrogen) atoms. The first kappa shape index (κ1) is 22.6. The lowest BCUT2D eigenvalue weighted by Gasteiger charge is -2.31. The Bertz CT molecular complexity index is 1410. The number of carbonyl (C=O) groups is 1. The zero-order valence-corrected chi connectivity index (χ0v) is 20.9. The van der Waals surface area contributed by atoms with E-state index < -0.39 is 0 Å². The number of nitrogens with zero attached hydrogens (tertiary/aromatic N) is 6. The maximum Gasteiger partial charge on any atom is 0.222 e. The van der Waals surface area contributed by atoms with Crippen molar-refractivity contribution >= 4 is 22.9 Å². The standard InChI is InChI=1S/C27H30N6O3/c1-4-23(34)31-12-7-13-32(15-14-31)27-29-21-10-9-19(24-17(2)30-36-18(24)3)26-25(21)33(27)22(16-35-26)20-8-5-6-11-28-20/h5-6,8-11,22H,4,7,12-16H2,1-3H3/t22-/m1/s1. The Kier molecular flexibility index (Phi) is 5.62. The zero-order valence-electron chi connectivity index (χ0n) is 20.9. The highest BCUT2D eigenvalue weighted by Gasteiger charge is 2.34. The minimum absolute atomic E-state index is 0.116. The highest BCUT2D eigenvalue weighted by Crippen LogP contribution is 2.45. The number of hydrogen-bond acceptors (Lipinski definition) is 7. The van der Waals surface area contributed by atoms with E-state index in [1.54, 1.807) is 0 Å². The molecule has 186 valence electrons. The second kappa shape index (κ2) is 8.96. The van der Waals surface area contributed by atoms with Gasteiger partial charge in [0.15, 0.2) is 5.75 Å². The SMILES string of the molecule is CCC(=O)N1CCCN(c2nc3ccc(-c4c(C)noc4C)c4c3n2[C@@H](c2ccccn2)CO4)CC1. The van der Waals surface area contributed by atoms with Gasteiger partial charge in [0.05, 0.1) is 22.5 Å². The Morgan fingerprint density at radius 1 is 1.11 bits per heavy atom. The van der Waals surface area contributed by atoms with Crippen LogP contribution < -0.4 is 9.64 Å². The number of aromatic nitrogens is 4. The largest absolute Gasteiger partial charge is 0.488 e. The number of rotatable bonds is 4. The van der Waals surface area contributed by atoms with Gasteiger partial charge in [-0.1, -0.05) is 18.1 Å². The molecule has 0 spiro atoms. The number of hydrogen-bond donors (Lipinski definition) is 0. The molecule has 2 aliphatic rings. The number of anilines is 1. The molecule has 1 atom stereocenters. The van der Waals surface area contributed by atoms with Crippen LogP contribution in [0.4, 0.5) is 5.95 Å². The maximum absolute atomic E-state index is 12.4. The van der Waals surface area contributed by atoms with Crippen LogP contribution in [0.3, 0.4) is 0 Å². The first-order valence-electron chi connectivity index (χ1n) is 12.6. The Hall–Kier alpha value is -3.88. The average molecular weight is 487 g/mol. The van der Waals surface area contributed by atoms with E-state index in [2.05, 4.69) is 31.7 Å². The van der Waals surface area contributed by atoms with E-state index in [1.807, 2.05) is 50.1 Å². The smallest absolute Gasteiger partial charge is 0.222 e. The van der Waals surface area contributed by atoms with E-state index in [0.717, 1.165) is 77.1 Å². The molecule has 0 saturated carbocycles. The van der Waals surface area contributed by atoms with Crippen molar-refractivity contribution in [3.63, 3.8) is 0 Å². The number of carbonyl (C=O) groups excluding carboxylic acids is 1. The molecule has 2 aliphatic heterocycles. The van der Waals surface area contributed by atoms with Gasteiger partial charge in [-0.3, -0.25) is 14.3 Å². The number of ether oxygens (including phenoxy) is 1. The number of benzene rings is 1. The minimum atomic E-state index is -0.116. The fourth-order valence-electron chi connectivity index (χ4n) is 5.49. The van der Waals surface area contributed by atoms with Gasteiger partial charge in [-0.2, -0.15) is 0 Å². The molecule has 1 saturated heterocycles. The minimum Gasteiger partial charge on any atom is -0.488 e. The van der Waals surface area contributed by atoms with Gasteiger partial charge in [-0.15, -0.1) is 0 Å². The van der Waals surface area contributed by atoms with Crippen LogP contribution in [0.25, 0.3) is 22.2 Å². The Morgan fingerprint density at radius 3 is 2.75 bits per heavy atom. The van der Waals surface area contributed by atoms with Crippen LogP contribution in [-0.2, 0) is 4.79 Å². The maximum atomic E-state index is 12.4. The summed E-state index contributed by atoms with van der Waals surface area (Å²) in [5, 5.41) is 4.16. The molecule has 9 heteroatoms. The highest BCUT2D eigenvalue weighted by molar-refractivity contribution is 5.94. The fraction of sp³-hybridized carbons (Fsp3) is 0.407. The normalized spacial score (nSPS) is 17.8. The highest BCUT2D eigenvalue weighted by atomic mass is 16.5. The third kappa shape index (κ3) is 3.61. The summed E-state index contributed by atoms with van der Waals surface area (Å²) in [6.45, 7) is 9.27. The van der Waals surface area contributed by atoms with Crippen molar-refractivity contribution in [2.45, 2.75) is 39.7 Å². The number of pyridine rings is 1. The average Bonchev–Trinajstić information content (AvgIpc) is 3.34. The molecule has 0 bridgehead atoms. The molecule has 1 fully saturated rings. The van der Waals surface area contributed by atoms with Gasteiger partial charge >= 0.3 is 0 Å². The van der Waals surface area contributed by atoms with Gasteiger partial charge in [-0.25, -0.2) is 4.98 Å². The molecule has 0 radical (unpaired) electrons. The summed E-state index contributed by atoms with van der Waals surface area (Å²) in [6.07, 6.45) is 3.25. The van der Waals surface area contributed by atoms with E-state index >= 15 is 0 Å². The van der Waals surface area contributed by atoms with Crippen LogP contribution in [0.15, 0.2) is 41.1 Å². The summed E-state index contributed by atoms with van der Waals surface area (Å²) in [4.78, 5) is 26.4. The van der Waals surface area contributed by atoms with Crippen LogP contribution in [0, 0.1) is 13.8 Å². The molecule has 9 nitrogen and oxygen atoms in total. The van der Waals surface area contributed by atoms with Crippen LogP contribution >= 0.6 is 0 Å². The molecule has 0 unspecified atom stereocenters. The third-order valence-electron chi connectivity index (χ3n) is 7.25. The number of amides is 1. The second-order valence-electron chi connectivity index (χ2n) is 9.45. The molecule has 3 aromatic heterocycles. The quantitative estimate of drug-likeness (QED) is 0.428. The molecular weight excluding hydrogens is 456 g/mol. The van der Waals surface area contributed by atoms with Crippen molar-refractivity contribution in [3.8, 4) is 16.9 Å². The van der Waals surface area contributed by atoms with Crippen molar-refractivity contribution in [2.24, 2.45) is 0 Å². The van der Waals surface area contributed by atoms with Crippen molar-refractivity contribution < 1.29 is 14.1 Å². The van der Waals surface area contributed by atoms with Gasteiger partial charge in [0.2, 0.25) is 11.9 Å². The number of aryl methyl sites for hydroxylation is 2. The van der Waals surface area contributed by atoms with Gasteiger partial charge in [0.25, 0.3) is 0 Å². The predicted molar refractivity (Wildman–Crippen MR) is 136 cm³/mol. The lowest BCUT2D eigenvalue weighted by atomic mass is 10.0. The van der Waals surface area contributed by atoms with Crippen LogP contribution in [0.1, 0.15) is 43.0 Å². The van der Waals surface area contributed by atoms with Crippen molar-refractivity contribution in [3.05, 3.63) is 53.7 Å². The van der Waals surface area contributed by atoms with Crippen molar-refractivity contribution in [1.82, 2.24) is 24.6 Å². The van der Waals surface area contributed by atoms with Gasteiger partial charge in [0, 0.05) is 44.4 Å². The third-order valence-corrected chi connectivity index (χ3v) is 7.25. The first-order chi connectivity index (χ1) is 17.6. The zero-order chi connectivity index (χ0) is 24.8. The van der Waals surface area contributed by atoms with E-state index in [9.17, 15) is 4.79 Å². The molecular formula is C27H30N6O3. The van der Waals surface area contributed by atoms with E-state index in [1.165, 1.54) is 0 Å². The first-order valence-corrected chi connectivity index (χ1v) is 12.6. The molecule has 6 rings (SSSR count). The van der Waals surface area contributed by atoms with Crippen LogP contribution in [0.5, 0.6) is 5.75 Å². The second-order valence-corrected chi connectivity index (χ2v) is 9.45. The molecule has 4 aromatic rings. The Labute approximate surface area is 209 Å². The van der Waals surface area contributed by atoms with E-state index in [4.69, 9.17) is 14.2 Å². The lowest BCUT2D eigenvalue weighted by Crippen LogP contribution is -2.36. The van der Waals surface area contributed by atoms with Crippen LogP contribution in [-0.4, -0.2) is 63.3 Å². The monoisotopic (exact) mass is 486 g/mol. The van der Waals surface area contributed by atoms with Crippen LogP contribution in [0.2, 0.25) is 0 Å².